The van der Waals surface area contributed by atoms with Crippen molar-refractivity contribution >= 4 is 16.0 Å². The van der Waals surface area contributed by atoms with Crippen molar-refractivity contribution in [1.29, 1.82) is 5.26 Å². The molecule has 6 nitrogen and oxygen atoms in total. The SMILES string of the molecule is Cc1ccc(-c2cc(CN=C(N)NS(=O)(=O)c3ccccc3)ccc2-c2ccc(C#N)cc2)cc1. The lowest BCUT2D eigenvalue weighted by atomic mass is 9.92. The Hall–Kier alpha value is -4.41. The van der Waals surface area contributed by atoms with Gasteiger partial charge in [0.05, 0.1) is 23.1 Å². The van der Waals surface area contributed by atoms with E-state index in [-0.39, 0.29) is 17.4 Å². The molecule has 0 fully saturated rings. The molecule has 174 valence electrons. The number of nitriles is 1. The molecule has 0 saturated heterocycles. The number of rotatable bonds is 6. The van der Waals surface area contributed by atoms with E-state index in [9.17, 15) is 8.42 Å². The molecule has 0 unspecified atom stereocenters. The average Bonchev–Trinajstić information content (AvgIpc) is 2.88. The maximum atomic E-state index is 12.5. The summed E-state index contributed by atoms with van der Waals surface area (Å²) in [6.07, 6.45) is 0. The third-order valence-corrected chi connectivity index (χ3v) is 6.87. The van der Waals surface area contributed by atoms with Gasteiger partial charge in [-0.05, 0) is 65.1 Å². The van der Waals surface area contributed by atoms with Crippen molar-refractivity contribution in [3.05, 3.63) is 114 Å². The molecule has 0 aliphatic rings. The molecule has 0 aromatic heterocycles. The van der Waals surface area contributed by atoms with E-state index in [4.69, 9.17) is 11.0 Å². The molecule has 0 radical (unpaired) electrons. The van der Waals surface area contributed by atoms with Gasteiger partial charge in [-0.1, -0.05) is 72.3 Å². The quantitative estimate of drug-likeness (QED) is 0.299. The molecular weight excluding hydrogens is 456 g/mol. The largest absolute Gasteiger partial charge is 0.369 e. The lowest BCUT2D eigenvalue weighted by molar-refractivity contribution is 0.592. The molecule has 0 atom stereocenters. The third-order valence-electron chi connectivity index (χ3n) is 5.50. The van der Waals surface area contributed by atoms with Gasteiger partial charge in [0.25, 0.3) is 10.0 Å². The van der Waals surface area contributed by atoms with Crippen molar-refractivity contribution in [3.8, 4) is 28.3 Å². The van der Waals surface area contributed by atoms with E-state index in [2.05, 4.69) is 40.0 Å². The van der Waals surface area contributed by atoms with Gasteiger partial charge >= 0.3 is 0 Å². The van der Waals surface area contributed by atoms with Crippen molar-refractivity contribution in [2.24, 2.45) is 10.7 Å². The highest BCUT2D eigenvalue weighted by Crippen LogP contribution is 2.33. The second-order valence-corrected chi connectivity index (χ2v) is 9.74. The van der Waals surface area contributed by atoms with Crippen LogP contribution in [0.5, 0.6) is 0 Å². The van der Waals surface area contributed by atoms with Crippen LogP contribution in [0.1, 0.15) is 16.7 Å². The number of aliphatic imine (C=N–C) groups is 1. The number of nitrogens with one attached hydrogen (secondary N) is 1. The minimum Gasteiger partial charge on any atom is -0.369 e. The molecule has 0 bridgehead atoms. The van der Waals surface area contributed by atoms with Crippen LogP contribution in [0, 0.1) is 18.3 Å². The Labute approximate surface area is 205 Å². The molecule has 3 N–H and O–H groups in total. The molecule has 4 aromatic rings. The minimum absolute atomic E-state index is 0.117. The fraction of sp³-hybridized carbons (Fsp3) is 0.0714. The summed E-state index contributed by atoms with van der Waals surface area (Å²) in [5.74, 6) is -0.179. The zero-order valence-corrected chi connectivity index (χ0v) is 20.0. The van der Waals surface area contributed by atoms with E-state index < -0.39 is 10.0 Å². The zero-order chi connectivity index (χ0) is 24.8. The molecule has 0 heterocycles. The van der Waals surface area contributed by atoms with Gasteiger partial charge in [0.15, 0.2) is 0 Å². The zero-order valence-electron chi connectivity index (χ0n) is 19.1. The molecule has 0 aliphatic heterocycles. The average molecular weight is 481 g/mol. The summed E-state index contributed by atoms with van der Waals surface area (Å²) in [5, 5.41) is 9.12. The van der Waals surface area contributed by atoms with Crippen LogP contribution in [0.4, 0.5) is 0 Å². The molecule has 4 aromatic carbocycles. The number of aryl methyl sites for hydroxylation is 1. The van der Waals surface area contributed by atoms with E-state index in [1.807, 2.05) is 37.3 Å². The third kappa shape index (κ3) is 5.75. The van der Waals surface area contributed by atoms with Gasteiger partial charge in [-0.25, -0.2) is 18.1 Å². The Morgan fingerprint density at radius 1 is 0.886 bits per heavy atom. The van der Waals surface area contributed by atoms with Gasteiger partial charge in [0.1, 0.15) is 0 Å². The highest BCUT2D eigenvalue weighted by atomic mass is 32.2. The van der Waals surface area contributed by atoms with Crippen LogP contribution >= 0.6 is 0 Å². The molecule has 0 spiro atoms. The molecule has 0 amide bonds. The van der Waals surface area contributed by atoms with Crippen LogP contribution in [0.2, 0.25) is 0 Å². The Balaban J connectivity index is 1.64. The van der Waals surface area contributed by atoms with Gasteiger partial charge in [-0.15, -0.1) is 0 Å². The molecule has 35 heavy (non-hydrogen) atoms. The first-order chi connectivity index (χ1) is 16.9. The maximum Gasteiger partial charge on any atom is 0.264 e. The van der Waals surface area contributed by atoms with E-state index in [1.165, 1.54) is 12.1 Å². The van der Waals surface area contributed by atoms with Crippen molar-refractivity contribution in [2.45, 2.75) is 18.4 Å². The van der Waals surface area contributed by atoms with Crippen molar-refractivity contribution in [2.75, 3.05) is 0 Å². The summed E-state index contributed by atoms with van der Waals surface area (Å²) >= 11 is 0. The van der Waals surface area contributed by atoms with E-state index in [1.54, 1.807) is 30.3 Å². The van der Waals surface area contributed by atoms with Crippen LogP contribution in [0.25, 0.3) is 22.3 Å². The Morgan fingerprint density at radius 3 is 2.17 bits per heavy atom. The highest BCUT2D eigenvalue weighted by Gasteiger charge is 2.14. The molecular formula is C28H24N4O2S. The Morgan fingerprint density at radius 2 is 1.51 bits per heavy atom. The van der Waals surface area contributed by atoms with Gasteiger partial charge in [0, 0.05) is 0 Å². The number of hydrogen-bond donors (Lipinski definition) is 2. The van der Waals surface area contributed by atoms with Crippen molar-refractivity contribution in [3.63, 3.8) is 0 Å². The summed E-state index contributed by atoms with van der Waals surface area (Å²) in [6.45, 7) is 2.24. The summed E-state index contributed by atoms with van der Waals surface area (Å²) in [4.78, 5) is 4.36. The number of nitrogens with two attached hydrogens (primary N) is 1. The monoisotopic (exact) mass is 480 g/mol. The van der Waals surface area contributed by atoms with Crippen LogP contribution < -0.4 is 10.5 Å². The first-order valence-corrected chi connectivity index (χ1v) is 12.4. The predicted molar refractivity (Wildman–Crippen MR) is 139 cm³/mol. The number of sulfonamides is 1. The van der Waals surface area contributed by atoms with Crippen molar-refractivity contribution < 1.29 is 8.42 Å². The molecule has 0 saturated carbocycles. The summed E-state index contributed by atoms with van der Waals surface area (Å²) < 4.78 is 27.3. The smallest absolute Gasteiger partial charge is 0.264 e. The second-order valence-electron chi connectivity index (χ2n) is 8.06. The number of hydrogen-bond acceptors (Lipinski definition) is 4. The van der Waals surface area contributed by atoms with Crippen molar-refractivity contribution in [1.82, 2.24) is 4.72 Å². The Bertz CT molecular complexity index is 1500. The summed E-state index contributed by atoms with van der Waals surface area (Å²) in [5.41, 5.74) is 12.6. The Kier molecular flexibility index (Phi) is 6.95. The fourth-order valence-corrected chi connectivity index (χ4v) is 4.62. The maximum absolute atomic E-state index is 12.5. The first kappa shape index (κ1) is 23.7. The van der Waals surface area contributed by atoms with Crippen LogP contribution in [0.15, 0.2) is 107 Å². The van der Waals surface area contributed by atoms with Crippen LogP contribution in [-0.4, -0.2) is 14.4 Å². The summed E-state index contributed by atoms with van der Waals surface area (Å²) in [6, 6.07) is 31.8. The minimum atomic E-state index is -3.80. The van der Waals surface area contributed by atoms with Gasteiger partial charge in [-0.2, -0.15) is 5.26 Å². The van der Waals surface area contributed by atoms with Gasteiger partial charge < -0.3 is 5.73 Å². The predicted octanol–water partition coefficient (Wildman–Crippen LogP) is 4.99. The lowest BCUT2D eigenvalue weighted by Crippen LogP contribution is -2.36. The van der Waals surface area contributed by atoms with Gasteiger partial charge in [0.2, 0.25) is 5.96 Å². The number of nitrogens with zero attached hydrogens (tertiary/aromatic N) is 2. The highest BCUT2D eigenvalue weighted by molar-refractivity contribution is 7.90. The topological polar surface area (TPSA) is 108 Å². The van der Waals surface area contributed by atoms with Crippen LogP contribution in [-0.2, 0) is 16.6 Å². The summed E-state index contributed by atoms with van der Waals surface area (Å²) in [7, 11) is -3.80. The van der Waals surface area contributed by atoms with E-state index >= 15 is 0 Å². The van der Waals surface area contributed by atoms with Crippen LogP contribution in [0.3, 0.4) is 0 Å². The normalized spacial score (nSPS) is 11.6. The second kappa shape index (κ2) is 10.2. The lowest BCUT2D eigenvalue weighted by Gasteiger charge is -2.13. The van der Waals surface area contributed by atoms with E-state index in [0.717, 1.165) is 33.4 Å². The van der Waals surface area contributed by atoms with Gasteiger partial charge in [-0.3, -0.25) is 0 Å². The number of guanidine groups is 1. The number of benzene rings is 4. The molecule has 0 aliphatic carbocycles. The first-order valence-electron chi connectivity index (χ1n) is 10.9. The fourth-order valence-electron chi connectivity index (χ4n) is 3.64. The standard InChI is InChI=1S/C28H24N4O2S/c1-20-7-12-24(13-8-20)27-17-22(11-16-26(27)23-14-9-21(18-29)10-15-23)19-31-28(30)32-35(33,34)25-5-3-2-4-6-25/h2-17H,19H2,1H3,(H3,30,31,32). The molecule has 7 heteroatoms. The molecule has 4 rings (SSSR count). The van der Waals surface area contributed by atoms with E-state index in [0.29, 0.717) is 5.56 Å².